The summed E-state index contributed by atoms with van der Waals surface area (Å²) in [4.78, 5) is 7.64. The van der Waals surface area contributed by atoms with Crippen LogP contribution < -0.4 is 31.1 Å². The first-order valence-corrected chi connectivity index (χ1v) is 30.7. The molecule has 418 valence electrons. The van der Waals surface area contributed by atoms with Gasteiger partial charge < -0.3 is 23.5 Å². The molecular weight excluding hydrogens is 1060 g/mol. The van der Waals surface area contributed by atoms with Crippen LogP contribution in [0.1, 0.15) is 69.4 Å². The van der Waals surface area contributed by atoms with E-state index in [1.54, 1.807) is 0 Å². The number of hydrogen-bond donors (Lipinski definition) is 0. The second-order valence-electron chi connectivity index (χ2n) is 26.7. The molecule has 0 saturated carbocycles. The summed E-state index contributed by atoms with van der Waals surface area (Å²) in [5.41, 5.74) is 25.8. The quantitative estimate of drug-likeness (QED) is 0.122. The second kappa shape index (κ2) is 18.5. The van der Waals surface area contributed by atoms with Crippen LogP contribution in [-0.4, -0.2) is 6.71 Å². The number of para-hydroxylation sites is 2. The summed E-state index contributed by atoms with van der Waals surface area (Å²) in [7, 11) is 0. The highest BCUT2D eigenvalue weighted by Gasteiger charge is 2.45. The molecule has 2 aromatic heterocycles. The van der Waals surface area contributed by atoms with Gasteiger partial charge in [0.15, 0.2) is 0 Å². The first-order valence-electron chi connectivity index (χ1n) is 30.7. The number of fused-ring (bicyclic) bond motifs is 10. The second-order valence-corrected chi connectivity index (χ2v) is 26.7. The van der Waals surface area contributed by atoms with Crippen molar-refractivity contribution in [2.75, 3.05) is 14.7 Å². The Labute approximate surface area is 507 Å². The van der Waals surface area contributed by atoms with Crippen molar-refractivity contribution in [3.8, 4) is 11.1 Å². The number of anilines is 9. The fourth-order valence-electron chi connectivity index (χ4n) is 15.1. The van der Waals surface area contributed by atoms with Gasteiger partial charge >= 0.3 is 0 Å². The lowest BCUT2D eigenvalue weighted by Gasteiger charge is -2.45. The standard InChI is InChI=1S/C81H64BN3O2/c1-47-39-48(2)76(49(3)40-47)53-41-70-79-71(42-53)85(57-31-27-55(28-32-57)81(7,8)9)69-46-75-64(61-18-11-13-20-73(61)87-75)45-66(69)82(79)65-36-33-59(44-68(65)84(70)56-29-25-54(26-30-56)80(4,5)6)83(58-34-38-74-63(43-58)60-17-10-12-19-72(60)86-74)67-37-24-52-22-21-50-15-14-16-51-23-35-62(67)78(52)77(50)51/h10-46H,1-9H3. The van der Waals surface area contributed by atoms with Crippen LogP contribution in [0.2, 0.25) is 0 Å². The summed E-state index contributed by atoms with van der Waals surface area (Å²) < 4.78 is 13.4. The van der Waals surface area contributed by atoms with Crippen LogP contribution in [0.15, 0.2) is 233 Å². The smallest absolute Gasteiger partial charge is 0.252 e. The first kappa shape index (κ1) is 51.4. The fraction of sp³-hybridized carbons (Fsp3) is 0.136. The molecule has 17 rings (SSSR count). The Morgan fingerprint density at radius 3 is 1.52 bits per heavy atom. The van der Waals surface area contributed by atoms with Crippen molar-refractivity contribution in [2.24, 2.45) is 0 Å². The molecule has 0 N–H and O–H groups in total. The van der Waals surface area contributed by atoms with Gasteiger partial charge in [0.1, 0.15) is 22.3 Å². The van der Waals surface area contributed by atoms with Crippen molar-refractivity contribution >= 4 is 150 Å². The molecule has 13 aromatic carbocycles. The van der Waals surface area contributed by atoms with E-state index in [1.807, 2.05) is 0 Å². The third kappa shape index (κ3) is 7.79. The normalized spacial score (nSPS) is 13.3. The zero-order valence-corrected chi connectivity index (χ0v) is 50.6. The molecule has 0 radical (unpaired) electrons. The van der Waals surface area contributed by atoms with Gasteiger partial charge in [-0.3, -0.25) is 0 Å². The highest BCUT2D eigenvalue weighted by molar-refractivity contribution is 7.00. The van der Waals surface area contributed by atoms with Crippen LogP contribution >= 0.6 is 0 Å². The van der Waals surface area contributed by atoms with Crippen molar-refractivity contribution in [3.63, 3.8) is 0 Å². The van der Waals surface area contributed by atoms with Gasteiger partial charge in [-0.05, 0) is 193 Å². The van der Waals surface area contributed by atoms with E-state index in [1.165, 1.54) is 87.6 Å². The van der Waals surface area contributed by atoms with Crippen LogP contribution in [-0.2, 0) is 10.8 Å². The molecule has 2 aliphatic rings. The van der Waals surface area contributed by atoms with Gasteiger partial charge in [0.25, 0.3) is 6.71 Å². The van der Waals surface area contributed by atoms with E-state index in [-0.39, 0.29) is 17.5 Å². The molecule has 0 aliphatic carbocycles. The number of furan rings is 2. The van der Waals surface area contributed by atoms with Crippen molar-refractivity contribution in [2.45, 2.75) is 73.1 Å². The number of rotatable bonds is 6. The first-order chi connectivity index (χ1) is 42.1. The summed E-state index contributed by atoms with van der Waals surface area (Å²) in [6.45, 7) is 20.4. The maximum Gasteiger partial charge on any atom is 0.252 e. The highest BCUT2D eigenvalue weighted by Crippen LogP contribution is 2.51. The zero-order valence-electron chi connectivity index (χ0n) is 50.6. The van der Waals surface area contributed by atoms with Crippen LogP contribution in [0.5, 0.6) is 0 Å². The monoisotopic (exact) mass is 1120 g/mol. The van der Waals surface area contributed by atoms with E-state index in [0.29, 0.717) is 0 Å². The molecule has 0 bridgehead atoms. The molecule has 0 spiro atoms. The summed E-state index contributed by atoms with van der Waals surface area (Å²) in [5, 5.41) is 11.9. The average molecular weight is 1120 g/mol. The van der Waals surface area contributed by atoms with Gasteiger partial charge in [-0.1, -0.05) is 181 Å². The Hall–Kier alpha value is -10.0. The molecule has 0 amide bonds. The summed E-state index contributed by atoms with van der Waals surface area (Å²) >= 11 is 0. The minimum Gasteiger partial charge on any atom is -0.456 e. The molecule has 6 heteroatoms. The average Bonchev–Trinajstić information content (AvgIpc) is 1.08. The van der Waals surface area contributed by atoms with Crippen molar-refractivity contribution in [3.05, 3.63) is 252 Å². The Kier molecular flexibility index (Phi) is 10.9. The molecule has 2 aliphatic heterocycles. The molecule has 5 nitrogen and oxygen atoms in total. The lowest BCUT2D eigenvalue weighted by molar-refractivity contribution is 0.590. The molecule has 0 unspecified atom stereocenters. The summed E-state index contributed by atoms with van der Waals surface area (Å²) in [5.74, 6) is 0. The molecule has 87 heavy (non-hydrogen) atoms. The van der Waals surface area contributed by atoms with Crippen LogP contribution in [0.25, 0.3) is 87.3 Å². The third-order valence-electron chi connectivity index (χ3n) is 19.1. The predicted molar refractivity (Wildman–Crippen MR) is 370 cm³/mol. The van der Waals surface area contributed by atoms with Gasteiger partial charge in [0.2, 0.25) is 0 Å². The van der Waals surface area contributed by atoms with E-state index < -0.39 is 0 Å². The minimum absolute atomic E-state index is 0.0228. The van der Waals surface area contributed by atoms with E-state index in [9.17, 15) is 0 Å². The number of hydrogen-bond acceptors (Lipinski definition) is 5. The minimum atomic E-state index is -0.173. The Balaban J connectivity index is 0.991. The highest BCUT2D eigenvalue weighted by atomic mass is 16.3. The molecule has 15 aromatic rings. The Morgan fingerprint density at radius 1 is 0.379 bits per heavy atom. The van der Waals surface area contributed by atoms with Gasteiger partial charge in [-0.15, -0.1) is 0 Å². The van der Waals surface area contributed by atoms with Gasteiger partial charge in [0, 0.05) is 78.5 Å². The number of aryl methyl sites for hydroxylation is 3. The molecule has 0 fully saturated rings. The summed E-state index contributed by atoms with van der Waals surface area (Å²) in [6.07, 6.45) is 0. The molecule has 0 saturated heterocycles. The Morgan fingerprint density at radius 2 is 0.897 bits per heavy atom. The maximum absolute atomic E-state index is 6.87. The zero-order chi connectivity index (χ0) is 58.9. The molecular formula is C81H64BN3O2. The van der Waals surface area contributed by atoms with Crippen molar-refractivity contribution < 1.29 is 8.83 Å². The topological polar surface area (TPSA) is 36.0 Å². The van der Waals surface area contributed by atoms with Gasteiger partial charge in [0.05, 0.1) is 5.69 Å². The van der Waals surface area contributed by atoms with Gasteiger partial charge in [-0.2, -0.15) is 0 Å². The third-order valence-corrected chi connectivity index (χ3v) is 19.1. The van der Waals surface area contributed by atoms with Crippen LogP contribution in [0.3, 0.4) is 0 Å². The molecule has 0 atom stereocenters. The van der Waals surface area contributed by atoms with Crippen molar-refractivity contribution in [1.82, 2.24) is 0 Å². The largest absolute Gasteiger partial charge is 0.456 e. The lowest BCUT2D eigenvalue weighted by atomic mass is 9.33. The van der Waals surface area contributed by atoms with E-state index >= 15 is 0 Å². The van der Waals surface area contributed by atoms with Crippen LogP contribution in [0, 0.1) is 20.8 Å². The van der Waals surface area contributed by atoms with E-state index in [4.69, 9.17) is 8.83 Å². The maximum atomic E-state index is 6.87. The SMILES string of the molecule is Cc1cc(C)c(-c2cc3c4c(c2)N(c2ccc(C(C)(C)C)cc2)c2cc5oc6ccccc6c5cc2B4c2ccc(N(c4ccc5oc6ccccc6c5c4)c4ccc5ccc6cccc7ccc4c5c67)cc2N3c2ccc(C(C)(C)C)cc2)c(C)c1. The van der Waals surface area contributed by atoms with Crippen molar-refractivity contribution in [1.29, 1.82) is 0 Å². The molecule has 4 heterocycles. The predicted octanol–water partition coefficient (Wildman–Crippen LogP) is 21.1. The number of nitrogens with zero attached hydrogens (tertiary/aromatic N) is 3. The summed E-state index contributed by atoms with van der Waals surface area (Å²) in [6, 6.07) is 84.7. The Bertz CT molecular complexity index is 5330. The fourth-order valence-corrected chi connectivity index (χ4v) is 15.1. The van der Waals surface area contributed by atoms with E-state index in [0.717, 1.165) is 95.1 Å². The van der Waals surface area contributed by atoms with Gasteiger partial charge in [-0.25, -0.2) is 0 Å². The van der Waals surface area contributed by atoms with E-state index in [2.05, 4.69) is 301 Å². The lowest BCUT2D eigenvalue weighted by Crippen LogP contribution is -2.61. The number of benzene rings is 13. The van der Waals surface area contributed by atoms with Crippen LogP contribution in [0.4, 0.5) is 51.2 Å².